The molecule has 1 aromatic heterocycles. The van der Waals surface area contributed by atoms with Crippen LogP contribution in [-0.2, 0) is 16.6 Å². The van der Waals surface area contributed by atoms with Crippen LogP contribution in [0.4, 0.5) is 5.69 Å². The summed E-state index contributed by atoms with van der Waals surface area (Å²) in [5.41, 5.74) is 1.29. The Bertz CT molecular complexity index is 1610. The molecule has 178 valence electrons. The number of hydrogen-bond acceptors (Lipinski definition) is 6. The van der Waals surface area contributed by atoms with Crippen LogP contribution in [0.3, 0.4) is 0 Å². The van der Waals surface area contributed by atoms with E-state index in [1.54, 1.807) is 42.0 Å². The van der Waals surface area contributed by atoms with Crippen molar-refractivity contribution in [3.8, 4) is 23.8 Å². The lowest BCUT2D eigenvalue weighted by Gasteiger charge is -2.09. The lowest BCUT2D eigenvalue weighted by Crippen LogP contribution is -2.17. The number of carbonyl (C=O) groups excluding carboxylic acids is 1. The van der Waals surface area contributed by atoms with Crippen molar-refractivity contribution >= 4 is 43.2 Å². The molecule has 0 fully saturated rings. The second-order valence-electron chi connectivity index (χ2n) is 7.29. The van der Waals surface area contributed by atoms with Crippen LogP contribution in [0.1, 0.15) is 10.4 Å². The predicted octanol–water partition coefficient (Wildman–Crippen LogP) is 3.90. The van der Waals surface area contributed by atoms with Crippen LogP contribution in [0, 0.1) is 12.3 Å². The predicted molar refractivity (Wildman–Crippen MR) is 135 cm³/mol. The normalized spacial score (nSPS) is 11.7. The van der Waals surface area contributed by atoms with Crippen molar-refractivity contribution < 1.29 is 22.7 Å². The Morgan fingerprint density at radius 3 is 2.46 bits per heavy atom. The minimum absolute atomic E-state index is 0.0655. The molecule has 1 N–H and O–H groups in total. The standard InChI is InChI=1S/C25H21N3O5S2/c1-4-14-28-22-13-10-20(33-3)16-23(22)34-25(28)26-24(29)17-6-5-7-18(15-17)27-35(30,31)21-11-8-19(32-2)9-12-21/h1,5-13,15-16,27H,14H2,2-3H3. The molecule has 10 heteroatoms. The molecular weight excluding hydrogens is 486 g/mol. The first-order valence-electron chi connectivity index (χ1n) is 10.3. The number of nitrogens with one attached hydrogen (secondary N) is 1. The van der Waals surface area contributed by atoms with E-state index in [4.69, 9.17) is 15.9 Å². The molecule has 0 radical (unpaired) electrons. The first-order valence-corrected chi connectivity index (χ1v) is 12.6. The minimum atomic E-state index is -3.86. The van der Waals surface area contributed by atoms with Crippen molar-refractivity contribution in [3.63, 3.8) is 0 Å². The average Bonchev–Trinajstić information content (AvgIpc) is 3.20. The first-order chi connectivity index (χ1) is 16.8. The zero-order valence-electron chi connectivity index (χ0n) is 18.9. The lowest BCUT2D eigenvalue weighted by molar-refractivity contribution is 0.0998. The molecule has 1 amide bonds. The van der Waals surface area contributed by atoms with Crippen LogP contribution in [0.25, 0.3) is 10.2 Å². The maximum Gasteiger partial charge on any atom is 0.279 e. The topological polar surface area (TPSA) is 99.0 Å². The summed E-state index contributed by atoms with van der Waals surface area (Å²) >= 11 is 1.31. The number of rotatable bonds is 7. The highest BCUT2D eigenvalue weighted by atomic mass is 32.2. The second-order valence-corrected chi connectivity index (χ2v) is 9.98. The number of thiazole rings is 1. The third-order valence-corrected chi connectivity index (χ3v) is 7.51. The maximum atomic E-state index is 13.0. The number of carbonyl (C=O) groups is 1. The van der Waals surface area contributed by atoms with Gasteiger partial charge in [0.05, 0.1) is 35.9 Å². The smallest absolute Gasteiger partial charge is 0.279 e. The molecule has 3 aromatic carbocycles. The van der Waals surface area contributed by atoms with Gasteiger partial charge < -0.3 is 14.0 Å². The molecule has 4 aromatic rings. The van der Waals surface area contributed by atoms with Crippen LogP contribution in [-0.4, -0.2) is 33.1 Å². The van der Waals surface area contributed by atoms with Gasteiger partial charge in [0.15, 0.2) is 4.80 Å². The van der Waals surface area contributed by atoms with Gasteiger partial charge in [-0.2, -0.15) is 4.99 Å². The zero-order valence-corrected chi connectivity index (χ0v) is 20.5. The summed E-state index contributed by atoms with van der Waals surface area (Å²) in [5.74, 6) is 3.28. The molecular formula is C25H21N3O5S2. The van der Waals surface area contributed by atoms with Crippen LogP contribution < -0.4 is 19.0 Å². The van der Waals surface area contributed by atoms with E-state index in [0.29, 0.717) is 16.3 Å². The van der Waals surface area contributed by atoms with E-state index >= 15 is 0 Å². The Labute approximate surface area is 206 Å². The summed E-state index contributed by atoms with van der Waals surface area (Å²) in [6.45, 7) is 0.236. The van der Waals surface area contributed by atoms with E-state index in [2.05, 4.69) is 15.6 Å². The number of hydrogen-bond donors (Lipinski definition) is 1. The van der Waals surface area contributed by atoms with E-state index < -0.39 is 15.9 Å². The molecule has 1 heterocycles. The fraction of sp³-hybridized carbons (Fsp3) is 0.120. The number of nitrogens with zero attached hydrogens (tertiary/aromatic N) is 2. The number of aromatic nitrogens is 1. The molecule has 0 unspecified atom stereocenters. The Balaban J connectivity index is 1.65. The molecule has 8 nitrogen and oxygen atoms in total. The summed E-state index contributed by atoms with van der Waals surface area (Å²) in [6, 6.07) is 17.7. The monoisotopic (exact) mass is 507 g/mol. The summed E-state index contributed by atoms with van der Waals surface area (Å²) in [6.07, 6.45) is 5.53. The highest BCUT2D eigenvalue weighted by Gasteiger charge is 2.16. The van der Waals surface area contributed by atoms with Gasteiger partial charge in [-0.1, -0.05) is 23.3 Å². The van der Waals surface area contributed by atoms with Crippen molar-refractivity contribution in [2.45, 2.75) is 11.4 Å². The van der Waals surface area contributed by atoms with Gasteiger partial charge in [0.25, 0.3) is 15.9 Å². The Morgan fingerprint density at radius 2 is 1.77 bits per heavy atom. The summed E-state index contributed by atoms with van der Waals surface area (Å²) < 4.78 is 41.0. The van der Waals surface area contributed by atoms with Crippen LogP contribution in [0.15, 0.2) is 76.6 Å². The van der Waals surface area contributed by atoms with Crippen molar-refractivity contribution in [3.05, 3.63) is 77.1 Å². The van der Waals surface area contributed by atoms with E-state index in [1.807, 2.05) is 18.2 Å². The summed E-state index contributed by atoms with van der Waals surface area (Å²) in [5, 5.41) is 0. The largest absolute Gasteiger partial charge is 0.497 e. The number of terminal acetylenes is 1. The molecule has 0 aliphatic rings. The average molecular weight is 508 g/mol. The maximum absolute atomic E-state index is 13.0. The molecule has 0 saturated carbocycles. The third kappa shape index (κ3) is 5.21. The zero-order chi connectivity index (χ0) is 25.0. The van der Waals surface area contributed by atoms with Gasteiger partial charge in [0, 0.05) is 11.3 Å². The molecule has 0 bridgehead atoms. The number of sulfonamides is 1. The number of benzene rings is 3. The Kier molecular flexibility index (Phi) is 6.91. The number of anilines is 1. The molecule has 4 rings (SSSR count). The van der Waals surface area contributed by atoms with E-state index in [1.165, 1.54) is 36.6 Å². The van der Waals surface area contributed by atoms with Crippen molar-refractivity contribution in [1.29, 1.82) is 0 Å². The molecule has 0 aliphatic heterocycles. The number of amides is 1. The van der Waals surface area contributed by atoms with Crippen LogP contribution in [0.2, 0.25) is 0 Å². The van der Waals surface area contributed by atoms with Crippen molar-refractivity contribution in [2.24, 2.45) is 4.99 Å². The SMILES string of the molecule is C#CCn1c(=NC(=O)c2cccc(NS(=O)(=O)c3ccc(OC)cc3)c2)sc2cc(OC)ccc21. The quantitative estimate of drug-likeness (QED) is 0.383. The van der Waals surface area contributed by atoms with Gasteiger partial charge in [-0.05, 0) is 60.7 Å². The fourth-order valence-corrected chi connectivity index (χ4v) is 5.45. The molecule has 0 spiro atoms. The van der Waals surface area contributed by atoms with Crippen molar-refractivity contribution in [1.82, 2.24) is 4.57 Å². The van der Waals surface area contributed by atoms with Crippen LogP contribution >= 0.6 is 11.3 Å². The van der Waals surface area contributed by atoms with E-state index in [-0.39, 0.29) is 22.7 Å². The highest BCUT2D eigenvalue weighted by molar-refractivity contribution is 7.92. The second kappa shape index (κ2) is 10.0. The number of methoxy groups -OCH3 is 2. The number of fused-ring (bicyclic) bond motifs is 1. The minimum Gasteiger partial charge on any atom is -0.497 e. The lowest BCUT2D eigenvalue weighted by atomic mass is 10.2. The van der Waals surface area contributed by atoms with E-state index in [9.17, 15) is 13.2 Å². The van der Waals surface area contributed by atoms with Gasteiger partial charge in [-0.15, -0.1) is 6.42 Å². The van der Waals surface area contributed by atoms with Gasteiger partial charge in [-0.3, -0.25) is 9.52 Å². The van der Waals surface area contributed by atoms with Gasteiger partial charge >= 0.3 is 0 Å². The third-order valence-electron chi connectivity index (χ3n) is 5.07. The van der Waals surface area contributed by atoms with Gasteiger partial charge in [0.2, 0.25) is 0 Å². The Hall–Kier alpha value is -4.07. The summed E-state index contributed by atoms with van der Waals surface area (Å²) in [4.78, 5) is 17.8. The molecule has 35 heavy (non-hydrogen) atoms. The number of ether oxygens (including phenoxy) is 2. The highest BCUT2D eigenvalue weighted by Crippen LogP contribution is 2.24. The molecule has 0 atom stereocenters. The van der Waals surface area contributed by atoms with Crippen molar-refractivity contribution in [2.75, 3.05) is 18.9 Å². The Morgan fingerprint density at radius 1 is 1.06 bits per heavy atom. The first kappa shape index (κ1) is 24.1. The molecule has 0 aliphatic carbocycles. The van der Waals surface area contributed by atoms with E-state index in [0.717, 1.165) is 10.2 Å². The van der Waals surface area contributed by atoms with Gasteiger partial charge in [-0.25, -0.2) is 8.42 Å². The molecule has 0 saturated heterocycles. The van der Waals surface area contributed by atoms with Gasteiger partial charge in [0.1, 0.15) is 11.5 Å². The summed E-state index contributed by atoms with van der Waals surface area (Å²) in [7, 11) is -0.784. The fourth-order valence-electron chi connectivity index (χ4n) is 3.35. The van der Waals surface area contributed by atoms with Crippen LogP contribution in [0.5, 0.6) is 11.5 Å².